The van der Waals surface area contributed by atoms with Crippen LogP contribution in [0.4, 0.5) is 0 Å². The second-order valence-corrected chi connectivity index (χ2v) is 5.94. The van der Waals surface area contributed by atoms with Gasteiger partial charge in [0.25, 0.3) is 0 Å². The summed E-state index contributed by atoms with van der Waals surface area (Å²) < 4.78 is 0. The molecule has 0 radical (unpaired) electrons. The minimum Gasteiger partial charge on any atom is -0.235 e. The van der Waals surface area contributed by atoms with Gasteiger partial charge in [0.15, 0.2) is 0 Å². The highest BCUT2D eigenvalue weighted by Crippen LogP contribution is 2.35. The van der Waals surface area contributed by atoms with Crippen LogP contribution in [0.5, 0.6) is 0 Å². The second-order valence-electron chi connectivity index (χ2n) is 3.39. The van der Waals surface area contributed by atoms with E-state index in [0.717, 1.165) is 5.39 Å². The number of rotatable bonds is 2. The second kappa shape index (κ2) is 5.38. The highest BCUT2D eigenvalue weighted by atomic mass is 35.5. The van der Waals surface area contributed by atoms with Crippen LogP contribution in [-0.4, -0.2) is 4.98 Å². The molecule has 0 unspecified atom stereocenters. The number of para-hydroxylation sites is 1. The average molecular weight is 329 g/mol. The molecule has 1 aromatic heterocycles. The molecule has 0 N–H and O–H groups in total. The third-order valence-electron chi connectivity index (χ3n) is 2.33. The molecular weight excluding hydrogens is 323 g/mol. The summed E-state index contributed by atoms with van der Waals surface area (Å²) in [5.41, 5.74) is 1.94. The number of alkyl halides is 4. The van der Waals surface area contributed by atoms with Gasteiger partial charge in [-0.05, 0) is 6.07 Å². The van der Waals surface area contributed by atoms with E-state index in [1.807, 2.05) is 12.1 Å². The van der Waals surface area contributed by atoms with Crippen LogP contribution in [0.25, 0.3) is 10.9 Å². The van der Waals surface area contributed by atoms with Gasteiger partial charge in [-0.2, -0.15) is 0 Å². The topological polar surface area (TPSA) is 12.9 Å². The summed E-state index contributed by atoms with van der Waals surface area (Å²) in [6.07, 6.45) is 0. The van der Waals surface area contributed by atoms with Crippen LogP contribution in [0.1, 0.15) is 20.8 Å². The standard InChI is InChI=1S/C11H6Cl5N/c12-9(13)6-3-1-2-5-4-7(10(14)15)11(16)17-8(5)6/h1-4,9-10H. The number of pyridine rings is 1. The minimum atomic E-state index is -0.717. The van der Waals surface area contributed by atoms with Crippen molar-refractivity contribution in [1.82, 2.24) is 4.98 Å². The molecule has 0 saturated heterocycles. The first-order chi connectivity index (χ1) is 8.00. The van der Waals surface area contributed by atoms with E-state index in [9.17, 15) is 0 Å². The van der Waals surface area contributed by atoms with E-state index in [0.29, 0.717) is 16.6 Å². The van der Waals surface area contributed by atoms with Gasteiger partial charge in [0.05, 0.1) is 5.52 Å². The Bertz CT molecular complexity index is 553. The normalized spacial score (nSPS) is 11.7. The van der Waals surface area contributed by atoms with Gasteiger partial charge in [-0.25, -0.2) is 4.98 Å². The molecule has 1 heterocycles. The Hall–Kier alpha value is 0.0800. The quantitative estimate of drug-likeness (QED) is 0.498. The molecule has 2 rings (SSSR count). The zero-order valence-corrected chi connectivity index (χ0v) is 12.1. The minimum absolute atomic E-state index is 0.258. The number of hydrogen-bond donors (Lipinski definition) is 0. The van der Waals surface area contributed by atoms with Gasteiger partial charge in [-0.15, -0.1) is 0 Å². The van der Waals surface area contributed by atoms with Crippen molar-refractivity contribution < 1.29 is 0 Å². The first kappa shape index (κ1) is 13.5. The molecule has 0 aliphatic carbocycles. The molecule has 0 fully saturated rings. The molecule has 0 bridgehead atoms. The zero-order valence-electron chi connectivity index (χ0n) is 8.30. The monoisotopic (exact) mass is 327 g/mol. The van der Waals surface area contributed by atoms with Crippen molar-refractivity contribution >= 4 is 68.9 Å². The lowest BCUT2D eigenvalue weighted by molar-refractivity contribution is 1.25. The van der Waals surface area contributed by atoms with Gasteiger partial charge in [-0.1, -0.05) is 76.2 Å². The zero-order chi connectivity index (χ0) is 12.6. The summed E-state index contributed by atoms with van der Waals surface area (Å²) in [6.45, 7) is 0. The molecule has 1 nitrogen and oxygen atoms in total. The molecule has 17 heavy (non-hydrogen) atoms. The van der Waals surface area contributed by atoms with Gasteiger partial charge in [0, 0.05) is 16.5 Å². The van der Waals surface area contributed by atoms with Crippen molar-refractivity contribution in [3.05, 3.63) is 40.5 Å². The van der Waals surface area contributed by atoms with Crippen LogP contribution in [0.15, 0.2) is 24.3 Å². The molecular formula is C11H6Cl5N. The summed E-state index contributed by atoms with van der Waals surface area (Å²) in [5.74, 6) is 0. The number of nitrogens with zero attached hydrogens (tertiary/aromatic N) is 1. The lowest BCUT2D eigenvalue weighted by Gasteiger charge is -2.10. The molecule has 0 aliphatic heterocycles. The first-order valence-corrected chi connectivity index (χ1v) is 6.78. The smallest absolute Gasteiger partial charge is 0.135 e. The fourth-order valence-corrected chi connectivity index (χ4v) is 2.59. The van der Waals surface area contributed by atoms with Gasteiger partial charge in [0.2, 0.25) is 0 Å². The summed E-state index contributed by atoms with van der Waals surface area (Å²) in [7, 11) is 0. The Balaban J connectivity index is 2.73. The van der Waals surface area contributed by atoms with E-state index in [1.54, 1.807) is 12.1 Å². The van der Waals surface area contributed by atoms with Crippen molar-refractivity contribution in [3.8, 4) is 0 Å². The maximum absolute atomic E-state index is 6.01. The molecule has 2 aromatic rings. The highest BCUT2D eigenvalue weighted by molar-refractivity contribution is 6.46. The van der Waals surface area contributed by atoms with Crippen LogP contribution in [0, 0.1) is 0 Å². The van der Waals surface area contributed by atoms with Crippen molar-refractivity contribution in [2.75, 3.05) is 0 Å². The summed E-state index contributed by atoms with van der Waals surface area (Å²) >= 11 is 29.3. The van der Waals surface area contributed by atoms with Crippen molar-refractivity contribution in [1.29, 1.82) is 0 Å². The van der Waals surface area contributed by atoms with E-state index in [1.165, 1.54) is 0 Å². The first-order valence-electron chi connectivity index (χ1n) is 4.66. The van der Waals surface area contributed by atoms with Crippen LogP contribution in [0.2, 0.25) is 5.15 Å². The van der Waals surface area contributed by atoms with Crippen LogP contribution in [0.3, 0.4) is 0 Å². The van der Waals surface area contributed by atoms with Gasteiger partial charge < -0.3 is 0 Å². The van der Waals surface area contributed by atoms with E-state index in [-0.39, 0.29) is 5.15 Å². The Morgan fingerprint density at radius 2 is 1.59 bits per heavy atom. The lowest BCUT2D eigenvalue weighted by Crippen LogP contribution is -1.93. The Morgan fingerprint density at radius 3 is 2.18 bits per heavy atom. The molecule has 6 heteroatoms. The fraction of sp³-hybridized carbons (Fsp3) is 0.182. The van der Waals surface area contributed by atoms with Crippen molar-refractivity contribution in [2.45, 2.75) is 9.67 Å². The van der Waals surface area contributed by atoms with Crippen LogP contribution < -0.4 is 0 Å². The molecule has 0 spiro atoms. The number of fused-ring (bicyclic) bond motifs is 1. The van der Waals surface area contributed by atoms with Crippen LogP contribution in [-0.2, 0) is 0 Å². The number of halogens is 5. The predicted octanol–water partition coefficient (Wildman–Crippen LogP) is 5.84. The summed E-state index contributed by atoms with van der Waals surface area (Å²) in [6, 6.07) is 7.30. The predicted molar refractivity (Wildman–Crippen MR) is 75.6 cm³/mol. The SMILES string of the molecule is Clc1nc2c(C(Cl)Cl)cccc2cc1C(Cl)Cl. The van der Waals surface area contributed by atoms with Gasteiger partial charge >= 0.3 is 0 Å². The van der Waals surface area contributed by atoms with E-state index in [2.05, 4.69) is 4.98 Å². The number of benzene rings is 1. The van der Waals surface area contributed by atoms with Crippen molar-refractivity contribution in [3.63, 3.8) is 0 Å². The van der Waals surface area contributed by atoms with E-state index in [4.69, 9.17) is 58.0 Å². The molecule has 0 atom stereocenters. The highest BCUT2D eigenvalue weighted by Gasteiger charge is 2.15. The fourth-order valence-electron chi connectivity index (χ4n) is 1.54. The number of hydrogen-bond acceptors (Lipinski definition) is 1. The summed E-state index contributed by atoms with van der Waals surface area (Å²) in [4.78, 5) is 2.87. The van der Waals surface area contributed by atoms with E-state index >= 15 is 0 Å². The van der Waals surface area contributed by atoms with Gasteiger partial charge in [0.1, 0.15) is 14.8 Å². The Morgan fingerprint density at radius 1 is 0.941 bits per heavy atom. The number of aromatic nitrogens is 1. The Labute approximate surface area is 124 Å². The maximum Gasteiger partial charge on any atom is 0.135 e. The van der Waals surface area contributed by atoms with Crippen molar-refractivity contribution in [2.24, 2.45) is 0 Å². The van der Waals surface area contributed by atoms with E-state index < -0.39 is 9.67 Å². The van der Waals surface area contributed by atoms with Crippen LogP contribution >= 0.6 is 58.0 Å². The molecule has 90 valence electrons. The maximum atomic E-state index is 6.01. The molecule has 0 aliphatic rings. The molecule has 0 saturated carbocycles. The lowest BCUT2D eigenvalue weighted by atomic mass is 10.1. The Kier molecular flexibility index (Phi) is 4.27. The third-order valence-corrected chi connectivity index (χ3v) is 3.57. The summed E-state index contributed by atoms with van der Waals surface area (Å²) in [5, 5.41) is 1.11. The molecule has 0 amide bonds. The largest absolute Gasteiger partial charge is 0.235 e. The van der Waals surface area contributed by atoms with Gasteiger partial charge in [-0.3, -0.25) is 0 Å². The third kappa shape index (κ3) is 2.74. The average Bonchev–Trinajstić information content (AvgIpc) is 2.26. The molecule has 1 aromatic carbocycles.